The van der Waals surface area contributed by atoms with E-state index >= 15 is 0 Å². The van der Waals surface area contributed by atoms with E-state index in [4.69, 9.17) is 9.84 Å². The lowest BCUT2D eigenvalue weighted by Crippen LogP contribution is -2.29. The summed E-state index contributed by atoms with van der Waals surface area (Å²) in [6, 6.07) is 9.85. The van der Waals surface area contributed by atoms with E-state index in [2.05, 4.69) is 4.74 Å². The Morgan fingerprint density at radius 3 is 2.46 bits per heavy atom. The van der Waals surface area contributed by atoms with Crippen LogP contribution < -0.4 is 9.64 Å². The molecule has 0 aromatic heterocycles. The third kappa shape index (κ3) is 3.00. The highest BCUT2D eigenvalue weighted by Crippen LogP contribution is 2.31. The molecule has 0 radical (unpaired) electrons. The lowest BCUT2D eigenvalue weighted by Gasteiger charge is -2.15. The number of methoxy groups -OCH3 is 1. The molecule has 0 unspecified atom stereocenters. The maximum atomic E-state index is 12.6. The lowest BCUT2D eigenvalue weighted by atomic mass is 10.1. The van der Waals surface area contributed by atoms with E-state index in [1.165, 1.54) is 37.4 Å². The molecule has 8 heteroatoms. The number of benzene rings is 2. The molecule has 0 fully saturated rings. The Bertz CT molecular complexity index is 935. The monoisotopic (exact) mass is 355 g/mol. The Kier molecular flexibility index (Phi) is 4.40. The average Bonchev–Trinajstić information content (AvgIpc) is 2.90. The maximum Gasteiger partial charge on any atom is 0.343 e. The van der Waals surface area contributed by atoms with Gasteiger partial charge >= 0.3 is 11.9 Å². The van der Waals surface area contributed by atoms with Crippen molar-refractivity contribution in [2.45, 2.75) is 0 Å². The first kappa shape index (κ1) is 17.2. The summed E-state index contributed by atoms with van der Waals surface area (Å²) >= 11 is 0. The average molecular weight is 355 g/mol. The molecule has 2 aromatic carbocycles. The summed E-state index contributed by atoms with van der Waals surface area (Å²) in [5.41, 5.74) is 0.314. The van der Waals surface area contributed by atoms with Gasteiger partial charge in [-0.3, -0.25) is 9.59 Å². The number of carbonyl (C=O) groups excluding carboxylic acids is 3. The summed E-state index contributed by atoms with van der Waals surface area (Å²) in [5, 5.41) is 9.05. The van der Waals surface area contributed by atoms with Crippen molar-refractivity contribution >= 4 is 29.4 Å². The molecule has 0 atom stereocenters. The Balaban J connectivity index is 1.90. The number of anilines is 1. The SMILES string of the molecule is COC(=O)COc1cccc(N2C(=O)c3ccc(C(=O)O)cc3C2=O)c1. The number of carboxylic acid groups (broad SMARTS) is 1. The molecule has 1 N–H and O–H groups in total. The van der Waals surface area contributed by atoms with Gasteiger partial charge in [-0.2, -0.15) is 0 Å². The summed E-state index contributed by atoms with van der Waals surface area (Å²) < 4.78 is 9.73. The molecular formula is C18H13NO7. The summed E-state index contributed by atoms with van der Waals surface area (Å²) in [6.45, 7) is -0.315. The summed E-state index contributed by atoms with van der Waals surface area (Å²) in [6.07, 6.45) is 0. The number of rotatable bonds is 5. The highest BCUT2D eigenvalue weighted by Gasteiger charge is 2.37. The first-order valence-corrected chi connectivity index (χ1v) is 7.48. The van der Waals surface area contributed by atoms with Crippen LogP contribution in [0.3, 0.4) is 0 Å². The molecule has 2 aromatic rings. The number of hydrogen-bond acceptors (Lipinski definition) is 6. The number of imide groups is 1. The molecule has 2 amide bonds. The van der Waals surface area contributed by atoms with Crippen LogP contribution in [0.4, 0.5) is 5.69 Å². The molecule has 1 aliphatic rings. The Hall–Kier alpha value is -3.68. The van der Waals surface area contributed by atoms with Crippen LogP contribution in [0, 0.1) is 0 Å². The van der Waals surface area contributed by atoms with Crippen molar-refractivity contribution in [3.8, 4) is 5.75 Å². The minimum absolute atomic E-state index is 0.0239. The second-order valence-corrected chi connectivity index (χ2v) is 5.37. The third-order valence-corrected chi connectivity index (χ3v) is 3.79. The fraction of sp³-hybridized carbons (Fsp3) is 0.111. The minimum atomic E-state index is -1.19. The zero-order valence-corrected chi connectivity index (χ0v) is 13.6. The van der Waals surface area contributed by atoms with E-state index < -0.39 is 23.8 Å². The van der Waals surface area contributed by atoms with E-state index in [0.717, 1.165) is 4.90 Å². The quantitative estimate of drug-likeness (QED) is 0.642. The van der Waals surface area contributed by atoms with Gasteiger partial charge in [-0.25, -0.2) is 14.5 Å². The molecule has 0 aliphatic carbocycles. The normalized spacial score (nSPS) is 12.7. The van der Waals surface area contributed by atoms with Crippen LogP contribution in [0.1, 0.15) is 31.1 Å². The van der Waals surface area contributed by atoms with Crippen LogP contribution in [-0.2, 0) is 9.53 Å². The van der Waals surface area contributed by atoms with E-state index in [-0.39, 0.29) is 34.7 Å². The van der Waals surface area contributed by atoms with Gasteiger partial charge in [0.1, 0.15) is 5.75 Å². The van der Waals surface area contributed by atoms with E-state index in [1.54, 1.807) is 12.1 Å². The number of hydrogen-bond donors (Lipinski definition) is 1. The Labute approximate surface area is 147 Å². The largest absolute Gasteiger partial charge is 0.482 e. The Morgan fingerprint density at radius 2 is 1.77 bits per heavy atom. The van der Waals surface area contributed by atoms with Crippen LogP contribution in [-0.4, -0.2) is 42.6 Å². The number of aromatic carboxylic acids is 1. The van der Waals surface area contributed by atoms with Crippen molar-refractivity contribution in [1.82, 2.24) is 0 Å². The van der Waals surface area contributed by atoms with Gasteiger partial charge in [0.05, 0.1) is 29.5 Å². The number of carbonyl (C=O) groups is 4. The fourth-order valence-electron chi connectivity index (χ4n) is 2.52. The molecule has 26 heavy (non-hydrogen) atoms. The fourth-order valence-corrected chi connectivity index (χ4v) is 2.52. The first-order chi connectivity index (χ1) is 12.4. The molecule has 0 saturated heterocycles. The predicted molar refractivity (Wildman–Crippen MR) is 88.5 cm³/mol. The second kappa shape index (κ2) is 6.67. The van der Waals surface area contributed by atoms with Crippen molar-refractivity contribution < 1.29 is 33.8 Å². The summed E-state index contributed by atoms with van der Waals surface area (Å²) in [4.78, 5) is 48.3. The van der Waals surface area contributed by atoms with E-state index in [9.17, 15) is 19.2 Å². The number of nitrogens with zero attached hydrogens (tertiary/aromatic N) is 1. The molecule has 0 saturated carbocycles. The zero-order valence-electron chi connectivity index (χ0n) is 13.6. The molecule has 3 rings (SSSR count). The van der Waals surface area contributed by atoms with Crippen molar-refractivity contribution in [3.05, 3.63) is 59.2 Å². The van der Waals surface area contributed by atoms with Gasteiger partial charge < -0.3 is 14.6 Å². The number of amides is 2. The van der Waals surface area contributed by atoms with Crippen molar-refractivity contribution in [2.24, 2.45) is 0 Å². The first-order valence-electron chi connectivity index (χ1n) is 7.48. The van der Waals surface area contributed by atoms with Gasteiger partial charge in [-0.05, 0) is 30.3 Å². The Morgan fingerprint density at radius 1 is 1.04 bits per heavy atom. The highest BCUT2D eigenvalue weighted by atomic mass is 16.6. The molecule has 0 bridgehead atoms. The lowest BCUT2D eigenvalue weighted by molar-refractivity contribution is -0.142. The van der Waals surface area contributed by atoms with Crippen molar-refractivity contribution in [2.75, 3.05) is 18.6 Å². The van der Waals surface area contributed by atoms with Crippen molar-refractivity contribution in [1.29, 1.82) is 0 Å². The van der Waals surface area contributed by atoms with E-state index in [0.29, 0.717) is 0 Å². The van der Waals surface area contributed by atoms with Crippen LogP contribution in [0.2, 0.25) is 0 Å². The highest BCUT2D eigenvalue weighted by molar-refractivity contribution is 6.34. The summed E-state index contributed by atoms with van der Waals surface area (Å²) in [5.74, 6) is -2.68. The van der Waals surface area contributed by atoms with Gasteiger partial charge in [-0.1, -0.05) is 6.07 Å². The number of esters is 1. The van der Waals surface area contributed by atoms with Crippen LogP contribution in [0.15, 0.2) is 42.5 Å². The molecule has 0 spiro atoms. The molecule has 1 heterocycles. The molecule has 1 aliphatic heterocycles. The predicted octanol–water partition coefficient (Wildman–Crippen LogP) is 1.74. The van der Waals surface area contributed by atoms with Gasteiger partial charge in [0.2, 0.25) is 0 Å². The maximum absolute atomic E-state index is 12.6. The number of fused-ring (bicyclic) bond motifs is 1. The standard InChI is InChI=1S/C18H13NO7/c1-25-15(20)9-26-12-4-2-3-11(8-12)19-16(21)13-6-5-10(18(23)24)7-14(13)17(19)22/h2-8H,9H2,1H3,(H,23,24). The second-order valence-electron chi connectivity index (χ2n) is 5.37. The molecule has 8 nitrogen and oxygen atoms in total. The number of ether oxygens (including phenoxy) is 2. The van der Waals surface area contributed by atoms with Crippen LogP contribution >= 0.6 is 0 Å². The van der Waals surface area contributed by atoms with Crippen molar-refractivity contribution in [3.63, 3.8) is 0 Å². The van der Waals surface area contributed by atoms with Crippen LogP contribution in [0.25, 0.3) is 0 Å². The van der Waals surface area contributed by atoms with Gasteiger partial charge in [0.15, 0.2) is 6.61 Å². The van der Waals surface area contributed by atoms with Gasteiger partial charge in [0.25, 0.3) is 11.8 Å². The zero-order chi connectivity index (χ0) is 18.8. The molecular weight excluding hydrogens is 342 g/mol. The number of carboxylic acids is 1. The minimum Gasteiger partial charge on any atom is -0.482 e. The summed E-state index contributed by atoms with van der Waals surface area (Å²) in [7, 11) is 1.23. The van der Waals surface area contributed by atoms with E-state index in [1.807, 2.05) is 0 Å². The smallest absolute Gasteiger partial charge is 0.343 e. The van der Waals surface area contributed by atoms with Crippen LogP contribution in [0.5, 0.6) is 5.75 Å². The van der Waals surface area contributed by atoms with Gasteiger partial charge in [-0.15, -0.1) is 0 Å². The third-order valence-electron chi connectivity index (χ3n) is 3.79. The molecule has 132 valence electrons. The van der Waals surface area contributed by atoms with Gasteiger partial charge in [0, 0.05) is 6.07 Å². The topological polar surface area (TPSA) is 110 Å².